The first-order valence-electron chi connectivity index (χ1n) is 11.3. The Bertz CT molecular complexity index is 1000. The van der Waals surface area contributed by atoms with E-state index >= 15 is 0 Å². The third-order valence-electron chi connectivity index (χ3n) is 5.91. The first kappa shape index (κ1) is 22.8. The van der Waals surface area contributed by atoms with Crippen molar-refractivity contribution in [3.8, 4) is 22.3 Å². The first-order valence-corrected chi connectivity index (χ1v) is 11.3. The number of carbonyl (C=O) groups excluding carboxylic acids is 1. The van der Waals surface area contributed by atoms with Crippen LogP contribution in [0, 0.1) is 6.92 Å². The number of amides is 1. The molecule has 0 radical (unpaired) electrons. The molecule has 2 aromatic carbocycles. The summed E-state index contributed by atoms with van der Waals surface area (Å²) >= 11 is 0. The highest BCUT2D eigenvalue weighted by Crippen LogP contribution is 2.35. The second-order valence-corrected chi connectivity index (χ2v) is 8.50. The largest absolute Gasteiger partial charge is 0.366 e. The van der Waals surface area contributed by atoms with Gasteiger partial charge < -0.3 is 15.2 Å². The van der Waals surface area contributed by atoms with E-state index in [0.717, 1.165) is 55.6 Å². The van der Waals surface area contributed by atoms with Crippen molar-refractivity contribution in [3.05, 3.63) is 71.5 Å². The second-order valence-electron chi connectivity index (χ2n) is 8.50. The molecule has 0 saturated carbocycles. The number of rotatable bonds is 10. The maximum absolute atomic E-state index is 12.5. The van der Waals surface area contributed by atoms with E-state index in [1.54, 1.807) is 0 Å². The molecule has 0 aliphatic heterocycles. The Kier molecular flexibility index (Phi) is 7.69. The Labute approximate surface area is 186 Å². The van der Waals surface area contributed by atoms with E-state index < -0.39 is 0 Å². The highest BCUT2D eigenvalue weighted by molar-refractivity contribution is 6.02. The Hall–Kier alpha value is -2.85. The Morgan fingerprint density at radius 2 is 1.55 bits per heavy atom. The number of carbonyl (C=O) groups is 1. The van der Waals surface area contributed by atoms with Gasteiger partial charge in [-0.1, -0.05) is 67.9 Å². The van der Waals surface area contributed by atoms with Crippen molar-refractivity contribution in [1.82, 2.24) is 9.47 Å². The van der Waals surface area contributed by atoms with Crippen molar-refractivity contribution in [2.45, 2.75) is 46.1 Å². The van der Waals surface area contributed by atoms with E-state index in [1.807, 2.05) is 13.0 Å². The molecule has 0 aliphatic rings. The normalized spacial score (nSPS) is 11.3. The van der Waals surface area contributed by atoms with Crippen molar-refractivity contribution in [2.24, 2.45) is 5.73 Å². The smallest absolute Gasteiger partial charge is 0.251 e. The Balaban J connectivity index is 2.07. The zero-order valence-corrected chi connectivity index (χ0v) is 19.3. The quantitative estimate of drug-likeness (QED) is 0.472. The molecule has 31 heavy (non-hydrogen) atoms. The topological polar surface area (TPSA) is 51.3 Å². The monoisotopic (exact) mass is 417 g/mol. The summed E-state index contributed by atoms with van der Waals surface area (Å²) < 4.78 is 2.33. The number of hydrogen-bond donors (Lipinski definition) is 1. The lowest BCUT2D eigenvalue weighted by Gasteiger charge is -2.15. The molecule has 0 saturated heterocycles. The van der Waals surface area contributed by atoms with Gasteiger partial charge in [-0.3, -0.25) is 4.79 Å². The van der Waals surface area contributed by atoms with Gasteiger partial charge in [0, 0.05) is 23.5 Å². The summed E-state index contributed by atoms with van der Waals surface area (Å²) in [6.07, 6.45) is 4.18. The summed E-state index contributed by atoms with van der Waals surface area (Å²) in [5.74, 6) is -0.344. The van der Waals surface area contributed by atoms with Crippen LogP contribution >= 0.6 is 0 Å². The van der Waals surface area contributed by atoms with E-state index in [-0.39, 0.29) is 5.91 Å². The van der Waals surface area contributed by atoms with Gasteiger partial charge in [-0.25, -0.2) is 0 Å². The maximum atomic E-state index is 12.5. The third-order valence-corrected chi connectivity index (χ3v) is 5.91. The lowest BCUT2D eigenvalue weighted by Crippen LogP contribution is -2.17. The molecular weight excluding hydrogens is 382 g/mol. The maximum Gasteiger partial charge on any atom is 0.251 e. The second kappa shape index (κ2) is 10.5. The average molecular weight is 418 g/mol. The molecule has 1 amide bonds. The number of unbranched alkanes of at least 4 members (excludes halogenated alkanes) is 1. The van der Waals surface area contributed by atoms with Gasteiger partial charge in [-0.15, -0.1) is 0 Å². The number of benzene rings is 2. The number of nitrogens with two attached hydrogens (primary N) is 1. The van der Waals surface area contributed by atoms with Crippen LogP contribution in [0.3, 0.4) is 0 Å². The van der Waals surface area contributed by atoms with Gasteiger partial charge in [0.15, 0.2) is 0 Å². The predicted molar refractivity (Wildman–Crippen MR) is 130 cm³/mol. The van der Waals surface area contributed by atoms with Crippen molar-refractivity contribution in [2.75, 3.05) is 20.6 Å². The SMILES string of the molecule is CCCCc1c(-c2ccc(-c3ccccc3)cc2)c(C(N)=O)c(C)n1CCCN(C)C. The lowest BCUT2D eigenvalue weighted by molar-refractivity contribution is 0.1000. The fourth-order valence-corrected chi connectivity index (χ4v) is 4.32. The van der Waals surface area contributed by atoms with E-state index in [1.165, 1.54) is 16.8 Å². The van der Waals surface area contributed by atoms with Crippen molar-refractivity contribution in [3.63, 3.8) is 0 Å². The standard InChI is InChI=1S/C27H35N3O/c1-5-6-13-24-26(23-16-14-22(15-17-23)21-11-8-7-9-12-21)25(27(28)31)20(2)30(24)19-10-18-29(3)4/h7-9,11-12,14-17H,5-6,10,13,18-19H2,1-4H3,(H2,28,31). The zero-order valence-electron chi connectivity index (χ0n) is 19.3. The van der Waals surface area contributed by atoms with Gasteiger partial charge in [0.25, 0.3) is 5.91 Å². The molecule has 0 spiro atoms. The molecule has 164 valence electrons. The van der Waals surface area contributed by atoms with Crippen LogP contribution in [0.15, 0.2) is 54.6 Å². The first-order chi connectivity index (χ1) is 14.9. The van der Waals surface area contributed by atoms with Crippen LogP contribution < -0.4 is 5.73 Å². The molecule has 0 bridgehead atoms. The minimum atomic E-state index is -0.344. The molecule has 0 unspecified atom stereocenters. The zero-order chi connectivity index (χ0) is 22.4. The molecule has 3 aromatic rings. The third kappa shape index (κ3) is 5.26. The highest BCUT2D eigenvalue weighted by atomic mass is 16.1. The Morgan fingerprint density at radius 1 is 0.935 bits per heavy atom. The van der Waals surface area contributed by atoms with E-state index in [9.17, 15) is 4.79 Å². The van der Waals surface area contributed by atoms with Gasteiger partial charge in [-0.05, 0) is 63.5 Å². The average Bonchev–Trinajstić information content (AvgIpc) is 3.04. The number of aromatic nitrogens is 1. The molecule has 4 heteroatoms. The van der Waals surface area contributed by atoms with Crippen molar-refractivity contribution >= 4 is 5.91 Å². The van der Waals surface area contributed by atoms with Crippen LogP contribution in [0.25, 0.3) is 22.3 Å². The van der Waals surface area contributed by atoms with Gasteiger partial charge in [0.1, 0.15) is 0 Å². The number of hydrogen-bond acceptors (Lipinski definition) is 2. The molecule has 3 rings (SSSR count). The van der Waals surface area contributed by atoms with Crippen molar-refractivity contribution < 1.29 is 4.79 Å². The molecular formula is C27H35N3O. The summed E-state index contributed by atoms with van der Waals surface area (Å²) in [6, 6.07) is 18.9. The molecule has 0 fully saturated rings. The summed E-state index contributed by atoms with van der Waals surface area (Å²) in [5.41, 5.74) is 13.2. The number of nitrogens with zero attached hydrogens (tertiary/aromatic N) is 2. The molecule has 1 aromatic heterocycles. The van der Waals surface area contributed by atoms with E-state index in [0.29, 0.717) is 5.56 Å². The van der Waals surface area contributed by atoms with Crippen LogP contribution in [0.5, 0.6) is 0 Å². The summed E-state index contributed by atoms with van der Waals surface area (Å²) in [4.78, 5) is 14.7. The Morgan fingerprint density at radius 3 is 2.13 bits per heavy atom. The van der Waals surface area contributed by atoms with Gasteiger partial charge in [-0.2, -0.15) is 0 Å². The van der Waals surface area contributed by atoms with Crippen LogP contribution in [-0.2, 0) is 13.0 Å². The van der Waals surface area contributed by atoms with Crippen LogP contribution in [0.1, 0.15) is 47.9 Å². The van der Waals surface area contributed by atoms with Crippen LogP contribution in [0.2, 0.25) is 0 Å². The molecule has 0 atom stereocenters. The minimum absolute atomic E-state index is 0.344. The highest BCUT2D eigenvalue weighted by Gasteiger charge is 2.24. The fourth-order valence-electron chi connectivity index (χ4n) is 4.32. The molecule has 4 nitrogen and oxygen atoms in total. The van der Waals surface area contributed by atoms with Gasteiger partial charge >= 0.3 is 0 Å². The summed E-state index contributed by atoms with van der Waals surface area (Å²) in [5, 5.41) is 0. The van der Waals surface area contributed by atoms with E-state index in [2.05, 4.69) is 79.0 Å². The van der Waals surface area contributed by atoms with Crippen molar-refractivity contribution in [1.29, 1.82) is 0 Å². The minimum Gasteiger partial charge on any atom is -0.366 e. The number of primary amides is 1. The van der Waals surface area contributed by atoms with Crippen LogP contribution in [-0.4, -0.2) is 36.0 Å². The summed E-state index contributed by atoms with van der Waals surface area (Å²) in [7, 11) is 4.18. The fraction of sp³-hybridized carbons (Fsp3) is 0.370. The molecule has 1 heterocycles. The summed E-state index contributed by atoms with van der Waals surface area (Å²) in [6.45, 7) is 6.14. The van der Waals surface area contributed by atoms with E-state index in [4.69, 9.17) is 5.73 Å². The molecule has 0 aliphatic carbocycles. The van der Waals surface area contributed by atoms with Crippen LogP contribution in [0.4, 0.5) is 0 Å². The lowest BCUT2D eigenvalue weighted by atomic mass is 9.95. The van der Waals surface area contributed by atoms with Gasteiger partial charge in [0.2, 0.25) is 0 Å². The predicted octanol–water partition coefficient (Wildman–Crippen LogP) is 5.52. The molecule has 2 N–H and O–H groups in total. The van der Waals surface area contributed by atoms with Gasteiger partial charge in [0.05, 0.1) is 5.56 Å².